The molecule has 1 amide bonds. The third kappa shape index (κ3) is 3.92. The van der Waals surface area contributed by atoms with E-state index in [-0.39, 0.29) is 11.9 Å². The molecule has 2 aromatic rings. The average molecular weight is 344 g/mol. The highest BCUT2D eigenvalue weighted by Gasteiger charge is 2.24. The fourth-order valence-corrected chi connectivity index (χ4v) is 3.15. The summed E-state index contributed by atoms with van der Waals surface area (Å²) in [7, 11) is 1.57. The van der Waals surface area contributed by atoms with Gasteiger partial charge in [-0.25, -0.2) is 4.98 Å². The predicted molar refractivity (Wildman–Crippen MR) is 94.2 cm³/mol. The van der Waals surface area contributed by atoms with Crippen LogP contribution in [0.25, 0.3) is 0 Å². The zero-order valence-electron chi connectivity index (χ0n) is 15.1. The minimum absolute atomic E-state index is 0.0626. The van der Waals surface area contributed by atoms with Gasteiger partial charge in [0.15, 0.2) is 0 Å². The lowest BCUT2D eigenvalue weighted by atomic mass is 10.0. The number of carbonyl (C=O) groups excluding carboxylic acids is 1. The van der Waals surface area contributed by atoms with Gasteiger partial charge in [-0.05, 0) is 39.7 Å². The largest absolute Gasteiger partial charge is 0.467 e. The highest BCUT2D eigenvalue weighted by atomic mass is 16.5. The van der Waals surface area contributed by atoms with Crippen LogP contribution in [0.4, 0.5) is 5.82 Å². The fourth-order valence-electron chi connectivity index (χ4n) is 3.15. The van der Waals surface area contributed by atoms with E-state index < -0.39 is 0 Å². The molecular formula is C18H24N4O3. The summed E-state index contributed by atoms with van der Waals surface area (Å²) in [5, 5.41) is 3.11. The van der Waals surface area contributed by atoms with E-state index in [0.717, 1.165) is 43.2 Å². The Morgan fingerprint density at radius 3 is 2.56 bits per heavy atom. The van der Waals surface area contributed by atoms with E-state index in [1.807, 2.05) is 26.8 Å². The van der Waals surface area contributed by atoms with Crippen molar-refractivity contribution in [2.75, 3.05) is 25.1 Å². The van der Waals surface area contributed by atoms with E-state index >= 15 is 0 Å². The molecule has 1 saturated heterocycles. The summed E-state index contributed by atoms with van der Waals surface area (Å²) >= 11 is 0. The van der Waals surface area contributed by atoms with Gasteiger partial charge < -0.3 is 19.4 Å². The Balaban J connectivity index is 1.59. The summed E-state index contributed by atoms with van der Waals surface area (Å²) < 4.78 is 10.6. The van der Waals surface area contributed by atoms with Crippen molar-refractivity contribution in [2.45, 2.75) is 39.7 Å². The van der Waals surface area contributed by atoms with E-state index in [1.165, 1.54) is 0 Å². The molecule has 0 atom stereocenters. The Kier molecular flexibility index (Phi) is 4.92. The number of ether oxygens (including phenoxy) is 1. The summed E-state index contributed by atoms with van der Waals surface area (Å²) in [6.45, 7) is 7.24. The Labute approximate surface area is 147 Å². The van der Waals surface area contributed by atoms with Gasteiger partial charge in [-0.15, -0.1) is 0 Å². The molecule has 0 bridgehead atoms. The maximum Gasteiger partial charge on any atom is 0.318 e. The molecule has 0 spiro atoms. The number of methoxy groups -OCH3 is 1. The first-order valence-electron chi connectivity index (χ1n) is 8.49. The van der Waals surface area contributed by atoms with Gasteiger partial charge in [0.2, 0.25) is 0 Å². The second-order valence-corrected chi connectivity index (χ2v) is 6.42. The van der Waals surface area contributed by atoms with E-state index in [9.17, 15) is 4.79 Å². The van der Waals surface area contributed by atoms with E-state index in [4.69, 9.17) is 9.15 Å². The molecule has 0 unspecified atom stereocenters. The summed E-state index contributed by atoms with van der Waals surface area (Å²) in [6, 6.07) is 4.29. The van der Waals surface area contributed by atoms with Crippen LogP contribution in [-0.2, 0) is 0 Å². The van der Waals surface area contributed by atoms with Crippen LogP contribution in [0, 0.1) is 20.8 Å². The number of piperidine rings is 1. The molecule has 25 heavy (non-hydrogen) atoms. The first-order valence-corrected chi connectivity index (χ1v) is 8.49. The van der Waals surface area contributed by atoms with Gasteiger partial charge in [0.1, 0.15) is 17.3 Å². The number of amides is 1. The molecule has 0 aromatic carbocycles. The van der Waals surface area contributed by atoms with Crippen LogP contribution in [0.15, 0.2) is 16.5 Å². The quantitative estimate of drug-likeness (QED) is 0.917. The lowest BCUT2D eigenvalue weighted by molar-refractivity contribution is 0.0929. The summed E-state index contributed by atoms with van der Waals surface area (Å²) in [5.74, 6) is 2.23. The van der Waals surface area contributed by atoms with Crippen molar-refractivity contribution in [3.63, 3.8) is 0 Å². The summed E-state index contributed by atoms with van der Waals surface area (Å²) in [5.41, 5.74) is 1.50. The number of hydrogen-bond acceptors (Lipinski definition) is 6. The highest BCUT2D eigenvalue weighted by molar-refractivity contribution is 5.95. The van der Waals surface area contributed by atoms with Crippen molar-refractivity contribution in [2.24, 2.45) is 0 Å². The van der Waals surface area contributed by atoms with Crippen molar-refractivity contribution in [3.05, 3.63) is 34.9 Å². The van der Waals surface area contributed by atoms with Gasteiger partial charge in [-0.1, -0.05) is 0 Å². The minimum atomic E-state index is -0.0626. The number of rotatable bonds is 4. The average Bonchev–Trinajstić information content (AvgIpc) is 2.93. The van der Waals surface area contributed by atoms with Crippen LogP contribution < -0.4 is 15.0 Å². The minimum Gasteiger partial charge on any atom is -0.467 e. The van der Waals surface area contributed by atoms with Crippen molar-refractivity contribution >= 4 is 11.7 Å². The second kappa shape index (κ2) is 7.13. The molecule has 2 aromatic heterocycles. The number of aryl methyl sites for hydroxylation is 3. The van der Waals surface area contributed by atoms with Crippen LogP contribution in [0.1, 0.15) is 40.4 Å². The SMILES string of the molecule is COc1nc(C)cc(N2CCC(NC(=O)c3cc(C)oc3C)CC2)n1. The fraction of sp³-hybridized carbons (Fsp3) is 0.500. The first-order chi connectivity index (χ1) is 12.0. The van der Waals surface area contributed by atoms with Crippen molar-refractivity contribution in [3.8, 4) is 6.01 Å². The van der Waals surface area contributed by atoms with E-state index in [1.54, 1.807) is 13.2 Å². The molecule has 134 valence electrons. The van der Waals surface area contributed by atoms with Crippen molar-refractivity contribution < 1.29 is 13.9 Å². The van der Waals surface area contributed by atoms with Crippen molar-refractivity contribution in [1.82, 2.24) is 15.3 Å². The second-order valence-electron chi connectivity index (χ2n) is 6.42. The molecule has 1 aliphatic heterocycles. The Bertz CT molecular complexity index is 764. The molecular weight excluding hydrogens is 320 g/mol. The summed E-state index contributed by atoms with van der Waals surface area (Å²) in [4.78, 5) is 23.2. The van der Waals surface area contributed by atoms with Crippen LogP contribution in [0.5, 0.6) is 6.01 Å². The Morgan fingerprint density at radius 2 is 1.96 bits per heavy atom. The first kappa shape index (κ1) is 17.3. The zero-order valence-corrected chi connectivity index (χ0v) is 15.1. The van der Waals surface area contributed by atoms with Gasteiger partial charge in [0.05, 0.1) is 12.7 Å². The normalized spacial score (nSPS) is 15.3. The van der Waals surface area contributed by atoms with Crippen LogP contribution in [0.2, 0.25) is 0 Å². The molecule has 3 heterocycles. The van der Waals surface area contributed by atoms with E-state index in [2.05, 4.69) is 20.2 Å². The lowest BCUT2D eigenvalue weighted by Crippen LogP contribution is -2.45. The molecule has 7 heteroatoms. The smallest absolute Gasteiger partial charge is 0.318 e. The number of nitrogens with zero attached hydrogens (tertiary/aromatic N) is 3. The number of hydrogen-bond donors (Lipinski definition) is 1. The monoisotopic (exact) mass is 344 g/mol. The number of anilines is 1. The van der Waals surface area contributed by atoms with Crippen LogP contribution in [0.3, 0.4) is 0 Å². The molecule has 3 rings (SSSR count). The highest BCUT2D eigenvalue weighted by Crippen LogP contribution is 2.21. The topological polar surface area (TPSA) is 80.5 Å². The van der Waals surface area contributed by atoms with Crippen molar-refractivity contribution in [1.29, 1.82) is 0 Å². The number of aromatic nitrogens is 2. The lowest BCUT2D eigenvalue weighted by Gasteiger charge is -2.33. The molecule has 7 nitrogen and oxygen atoms in total. The third-order valence-electron chi connectivity index (χ3n) is 4.44. The standard InChI is InChI=1S/C18H24N4O3/c1-11-9-16(21-18(19-11)24-4)22-7-5-14(6-8-22)20-17(23)15-10-12(2)25-13(15)3/h9-10,14H,5-8H2,1-4H3,(H,20,23). The number of carbonyl (C=O) groups is 1. The Morgan fingerprint density at radius 1 is 1.24 bits per heavy atom. The summed E-state index contributed by atoms with van der Waals surface area (Å²) in [6.07, 6.45) is 1.74. The van der Waals surface area contributed by atoms with Crippen LogP contribution >= 0.6 is 0 Å². The van der Waals surface area contributed by atoms with Gasteiger partial charge >= 0.3 is 6.01 Å². The van der Waals surface area contributed by atoms with Gasteiger partial charge in [0, 0.05) is 30.9 Å². The maximum atomic E-state index is 12.4. The predicted octanol–water partition coefficient (Wildman–Crippen LogP) is 2.40. The molecule has 1 N–H and O–H groups in total. The van der Waals surface area contributed by atoms with E-state index in [0.29, 0.717) is 17.3 Å². The number of furan rings is 1. The molecule has 0 radical (unpaired) electrons. The van der Waals surface area contributed by atoms with Gasteiger partial charge in [-0.3, -0.25) is 4.79 Å². The molecule has 0 saturated carbocycles. The molecule has 1 fully saturated rings. The maximum absolute atomic E-state index is 12.4. The Hall–Kier alpha value is -2.57. The zero-order chi connectivity index (χ0) is 18.0. The van der Waals surface area contributed by atoms with Gasteiger partial charge in [0.25, 0.3) is 5.91 Å². The third-order valence-corrected chi connectivity index (χ3v) is 4.44. The number of nitrogens with one attached hydrogen (secondary N) is 1. The molecule has 1 aliphatic rings. The van der Waals surface area contributed by atoms with Gasteiger partial charge in [-0.2, -0.15) is 4.98 Å². The van der Waals surface area contributed by atoms with Crippen LogP contribution in [-0.4, -0.2) is 42.1 Å². The molecule has 0 aliphatic carbocycles.